The maximum atomic E-state index is 11.7. The van der Waals surface area contributed by atoms with E-state index >= 15 is 0 Å². The highest BCUT2D eigenvalue weighted by Crippen LogP contribution is 2.49. The second kappa shape index (κ2) is 4.49. The van der Waals surface area contributed by atoms with Crippen molar-refractivity contribution >= 4 is 5.97 Å². The summed E-state index contributed by atoms with van der Waals surface area (Å²) in [5, 5.41) is 0. The van der Waals surface area contributed by atoms with E-state index in [-0.39, 0.29) is 5.97 Å². The van der Waals surface area contributed by atoms with E-state index in [1.54, 1.807) is 6.92 Å². The Labute approximate surface area is 102 Å². The molecule has 0 N–H and O–H groups in total. The summed E-state index contributed by atoms with van der Waals surface area (Å²) >= 11 is 0. The van der Waals surface area contributed by atoms with E-state index in [0.717, 1.165) is 12.0 Å². The van der Waals surface area contributed by atoms with E-state index in [0.29, 0.717) is 6.61 Å². The maximum absolute atomic E-state index is 11.7. The number of esters is 1. The van der Waals surface area contributed by atoms with E-state index in [1.165, 1.54) is 5.56 Å². The van der Waals surface area contributed by atoms with Crippen LogP contribution in [0.3, 0.4) is 0 Å². The molecule has 2 atom stereocenters. The molecule has 1 saturated heterocycles. The Balaban J connectivity index is 2.18. The highest BCUT2D eigenvalue weighted by atomic mass is 16.7. The van der Waals surface area contributed by atoms with Crippen LogP contribution < -0.4 is 0 Å². The Kier molecular flexibility index (Phi) is 3.20. The summed E-state index contributed by atoms with van der Waals surface area (Å²) in [5.41, 5.74) is 1.80. The topological polar surface area (TPSA) is 38.8 Å². The van der Waals surface area contributed by atoms with Gasteiger partial charge in [-0.05, 0) is 25.8 Å². The second-order valence-corrected chi connectivity index (χ2v) is 4.36. The lowest BCUT2D eigenvalue weighted by Crippen LogP contribution is -2.20. The van der Waals surface area contributed by atoms with Gasteiger partial charge in [-0.3, -0.25) is 0 Å². The fourth-order valence-electron chi connectivity index (χ4n) is 2.16. The zero-order chi connectivity index (χ0) is 12.5. The number of carbonyl (C=O) groups is 1. The maximum Gasteiger partial charge on any atom is 0.338 e. The third-order valence-electron chi connectivity index (χ3n) is 3.26. The van der Waals surface area contributed by atoms with Crippen molar-refractivity contribution in [3.8, 4) is 0 Å². The lowest BCUT2D eigenvalue weighted by molar-refractivity contribution is -0.144. The van der Waals surface area contributed by atoms with Crippen LogP contribution in [0.5, 0.6) is 0 Å². The molecule has 17 heavy (non-hydrogen) atoms. The van der Waals surface area contributed by atoms with Gasteiger partial charge in [0.05, 0.1) is 6.61 Å². The number of ether oxygens (including phenoxy) is 2. The fraction of sp³-hybridized carbons (Fsp3) is 0.500. The molecule has 0 aromatic heterocycles. The molecule has 1 heterocycles. The SMILES string of the molecule is CCOC(=O)C1OC1(CC)c1ccc(C)cc1. The number of carbonyl (C=O) groups excluding carboxylic acids is 1. The first-order valence-corrected chi connectivity index (χ1v) is 6.05. The zero-order valence-corrected chi connectivity index (χ0v) is 10.5. The summed E-state index contributed by atoms with van der Waals surface area (Å²) in [5.74, 6) is -0.255. The molecular formula is C14H18O3. The van der Waals surface area contributed by atoms with Crippen LogP contribution in [0, 0.1) is 6.92 Å². The predicted octanol–water partition coefficient (Wildman–Crippen LogP) is 2.56. The standard InChI is InChI=1S/C14H18O3/c1-4-14(11-8-6-10(3)7-9-11)12(17-14)13(15)16-5-2/h6-9,12H,4-5H2,1-3H3. The summed E-state index contributed by atoms with van der Waals surface area (Å²) < 4.78 is 10.6. The number of rotatable bonds is 4. The highest BCUT2D eigenvalue weighted by Gasteiger charge is 2.61. The van der Waals surface area contributed by atoms with Gasteiger partial charge in [-0.25, -0.2) is 4.79 Å². The molecule has 0 saturated carbocycles. The third kappa shape index (κ3) is 2.07. The van der Waals surface area contributed by atoms with Gasteiger partial charge < -0.3 is 9.47 Å². The molecular weight excluding hydrogens is 216 g/mol. The van der Waals surface area contributed by atoms with Crippen molar-refractivity contribution in [1.82, 2.24) is 0 Å². The molecule has 0 radical (unpaired) electrons. The number of benzene rings is 1. The first-order valence-electron chi connectivity index (χ1n) is 6.05. The molecule has 3 nitrogen and oxygen atoms in total. The number of hydrogen-bond acceptors (Lipinski definition) is 3. The van der Waals surface area contributed by atoms with E-state index in [4.69, 9.17) is 9.47 Å². The lowest BCUT2D eigenvalue weighted by atomic mass is 9.92. The molecule has 0 aliphatic carbocycles. The summed E-state index contributed by atoms with van der Waals surface area (Å²) in [6, 6.07) is 8.13. The van der Waals surface area contributed by atoms with Crippen LogP contribution in [0.1, 0.15) is 31.4 Å². The van der Waals surface area contributed by atoms with Gasteiger partial charge in [-0.1, -0.05) is 36.8 Å². The second-order valence-electron chi connectivity index (χ2n) is 4.36. The molecule has 0 spiro atoms. The minimum Gasteiger partial charge on any atom is -0.464 e. The van der Waals surface area contributed by atoms with Crippen molar-refractivity contribution in [2.24, 2.45) is 0 Å². The molecule has 0 amide bonds. The Hall–Kier alpha value is -1.35. The molecule has 1 fully saturated rings. The number of hydrogen-bond donors (Lipinski definition) is 0. The van der Waals surface area contributed by atoms with Crippen LogP contribution in [0.15, 0.2) is 24.3 Å². The smallest absolute Gasteiger partial charge is 0.338 e. The van der Waals surface area contributed by atoms with Crippen LogP contribution >= 0.6 is 0 Å². The molecule has 92 valence electrons. The summed E-state index contributed by atoms with van der Waals surface area (Å²) in [7, 11) is 0. The Morgan fingerprint density at radius 2 is 2.00 bits per heavy atom. The zero-order valence-electron chi connectivity index (χ0n) is 10.5. The van der Waals surface area contributed by atoms with Gasteiger partial charge >= 0.3 is 5.97 Å². The third-order valence-corrected chi connectivity index (χ3v) is 3.26. The minimum atomic E-state index is -0.458. The monoisotopic (exact) mass is 234 g/mol. The van der Waals surface area contributed by atoms with Gasteiger partial charge in [0.1, 0.15) is 5.60 Å². The average molecular weight is 234 g/mol. The normalized spacial score (nSPS) is 26.6. The van der Waals surface area contributed by atoms with E-state index < -0.39 is 11.7 Å². The van der Waals surface area contributed by atoms with Crippen LogP contribution in [0.2, 0.25) is 0 Å². The van der Waals surface area contributed by atoms with Gasteiger partial charge in [0.25, 0.3) is 0 Å². The van der Waals surface area contributed by atoms with Gasteiger partial charge in [0.15, 0.2) is 6.10 Å². The molecule has 1 aliphatic rings. The largest absolute Gasteiger partial charge is 0.464 e. The van der Waals surface area contributed by atoms with Gasteiger partial charge in [0, 0.05) is 0 Å². The van der Waals surface area contributed by atoms with E-state index in [1.807, 2.05) is 38.1 Å². The Bertz CT molecular complexity index is 410. The van der Waals surface area contributed by atoms with Crippen molar-refractivity contribution in [2.45, 2.75) is 38.9 Å². The summed E-state index contributed by atoms with van der Waals surface area (Å²) in [4.78, 5) is 11.7. The minimum absolute atomic E-state index is 0.255. The van der Waals surface area contributed by atoms with Crippen LogP contribution in [-0.4, -0.2) is 18.7 Å². The van der Waals surface area contributed by atoms with Crippen LogP contribution in [0.4, 0.5) is 0 Å². The molecule has 2 rings (SSSR count). The molecule has 2 unspecified atom stereocenters. The Morgan fingerprint density at radius 1 is 1.35 bits per heavy atom. The molecule has 1 aromatic rings. The van der Waals surface area contributed by atoms with Crippen molar-refractivity contribution in [3.63, 3.8) is 0 Å². The van der Waals surface area contributed by atoms with Crippen LogP contribution in [-0.2, 0) is 19.9 Å². The van der Waals surface area contributed by atoms with Crippen LogP contribution in [0.25, 0.3) is 0 Å². The van der Waals surface area contributed by atoms with E-state index in [2.05, 4.69) is 0 Å². The number of aryl methyl sites for hydroxylation is 1. The quantitative estimate of drug-likeness (QED) is 0.593. The molecule has 3 heteroatoms. The fourth-order valence-corrected chi connectivity index (χ4v) is 2.16. The predicted molar refractivity (Wildman–Crippen MR) is 64.7 cm³/mol. The Morgan fingerprint density at radius 3 is 2.53 bits per heavy atom. The number of epoxide rings is 1. The first-order chi connectivity index (χ1) is 8.14. The van der Waals surface area contributed by atoms with Crippen molar-refractivity contribution in [2.75, 3.05) is 6.61 Å². The average Bonchev–Trinajstić information content (AvgIpc) is 3.06. The molecule has 1 aliphatic heterocycles. The summed E-state index contributed by atoms with van der Waals surface area (Å²) in [6.07, 6.45) is 0.342. The first kappa shape index (κ1) is 12.1. The highest BCUT2D eigenvalue weighted by molar-refractivity contribution is 5.80. The molecule has 0 bridgehead atoms. The van der Waals surface area contributed by atoms with E-state index in [9.17, 15) is 4.79 Å². The van der Waals surface area contributed by atoms with Gasteiger partial charge in [-0.2, -0.15) is 0 Å². The van der Waals surface area contributed by atoms with Crippen molar-refractivity contribution in [1.29, 1.82) is 0 Å². The lowest BCUT2D eigenvalue weighted by Gasteiger charge is -2.10. The summed E-state index contributed by atoms with van der Waals surface area (Å²) in [6.45, 7) is 6.27. The van der Waals surface area contributed by atoms with Crippen molar-refractivity contribution in [3.05, 3.63) is 35.4 Å². The molecule has 1 aromatic carbocycles. The van der Waals surface area contributed by atoms with Gasteiger partial charge in [0.2, 0.25) is 0 Å². The van der Waals surface area contributed by atoms with Crippen molar-refractivity contribution < 1.29 is 14.3 Å². The van der Waals surface area contributed by atoms with Gasteiger partial charge in [-0.15, -0.1) is 0 Å².